The van der Waals surface area contributed by atoms with Crippen molar-refractivity contribution in [2.75, 3.05) is 0 Å². The molecule has 0 fully saturated rings. The van der Waals surface area contributed by atoms with E-state index in [1.165, 1.54) is 0 Å². The SMILES string of the molecule is Cc1ccncc1C(=O)Cc1cccc(Br)c1. The van der Waals surface area contributed by atoms with Crippen molar-refractivity contribution in [2.24, 2.45) is 0 Å². The molecule has 2 rings (SSSR count). The number of halogens is 1. The lowest BCUT2D eigenvalue weighted by Gasteiger charge is -2.04. The first-order chi connectivity index (χ1) is 8.16. The van der Waals surface area contributed by atoms with Gasteiger partial charge in [-0.15, -0.1) is 0 Å². The van der Waals surface area contributed by atoms with Crippen LogP contribution in [-0.2, 0) is 6.42 Å². The first-order valence-corrected chi connectivity index (χ1v) is 6.14. The highest BCUT2D eigenvalue weighted by Gasteiger charge is 2.09. The molecule has 0 aliphatic heterocycles. The smallest absolute Gasteiger partial charge is 0.169 e. The van der Waals surface area contributed by atoms with E-state index in [2.05, 4.69) is 20.9 Å². The zero-order chi connectivity index (χ0) is 12.3. The van der Waals surface area contributed by atoms with Gasteiger partial charge in [0.1, 0.15) is 0 Å². The quantitative estimate of drug-likeness (QED) is 0.809. The minimum Gasteiger partial charge on any atom is -0.294 e. The van der Waals surface area contributed by atoms with E-state index in [0.29, 0.717) is 12.0 Å². The normalized spacial score (nSPS) is 10.2. The largest absolute Gasteiger partial charge is 0.294 e. The minimum absolute atomic E-state index is 0.105. The summed E-state index contributed by atoms with van der Waals surface area (Å²) in [6.07, 6.45) is 3.74. The Bertz CT molecular complexity index is 551. The van der Waals surface area contributed by atoms with Gasteiger partial charge in [0.05, 0.1) is 0 Å². The Kier molecular flexibility index (Phi) is 3.69. The van der Waals surface area contributed by atoms with Crippen LogP contribution in [0.5, 0.6) is 0 Å². The fourth-order valence-corrected chi connectivity index (χ4v) is 2.13. The number of hydrogen-bond donors (Lipinski definition) is 0. The van der Waals surface area contributed by atoms with Crippen LogP contribution in [0.3, 0.4) is 0 Å². The van der Waals surface area contributed by atoms with Crippen molar-refractivity contribution < 1.29 is 4.79 Å². The maximum Gasteiger partial charge on any atom is 0.169 e. The standard InChI is InChI=1S/C14H12BrNO/c1-10-5-6-16-9-13(10)14(17)8-11-3-2-4-12(15)7-11/h2-7,9H,8H2,1H3. The fraction of sp³-hybridized carbons (Fsp3) is 0.143. The van der Waals surface area contributed by atoms with E-state index in [1.807, 2.05) is 37.3 Å². The Morgan fingerprint density at radius 2 is 2.18 bits per heavy atom. The molecule has 0 unspecified atom stereocenters. The molecule has 1 heterocycles. The highest BCUT2D eigenvalue weighted by molar-refractivity contribution is 9.10. The molecule has 2 nitrogen and oxygen atoms in total. The first-order valence-electron chi connectivity index (χ1n) is 5.35. The third-order valence-corrected chi connectivity index (χ3v) is 3.09. The molecular formula is C14H12BrNO. The van der Waals surface area contributed by atoms with Crippen molar-refractivity contribution in [3.63, 3.8) is 0 Å². The summed E-state index contributed by atoms with van der Waals surface area (Å²) in [4.78, 5) is 16.1. The van der Waals surface area contributed by atoms with Crippen molar-refractivity contribution in [1.29, 1.82) is 0 Å². The van der Waals surface area contributed by atoms with Gasteiger partial charge in [-0.1, -0.05) is 28.1 Å². The summed E-state index contributed by atoms with van der Waals surface area (Å²) in [6.45, 7) is 1.93. The monoisotopic (exact) mass is 289 g/mol. The average molecular weight is 290 g/mol. The molecule has 0 amide bonds. The topological polar surface area (TPSA) is 30.0 Å². The lowest BCUT2D eigenvalue weighted by molar-refractivity contribution is 0.0992. The summed E-state index contributed by atoms with van der Waals surface area (Å²) in [7, 11) is 0. The summed E-state index contributed by atoms with van der Waals surface area (Å²) in [5, 5.41) is 0. The highest BCUT2D eigenvalue weighted by Crippen LogP contribution is 2.15. The molecule has 0 aliphatic carbocycles. The van der Waals surface area contributed by atoms with E-state index in [1.54, 1.807) is 12.4 Å². The van der Waals surface area contributed by atoms with Crippen molar-refractivity contribution in [3.05, 3.63) is 63.9 Å². The van der Waals surface area contributed by atoms with Crippen LogP contribution in [0.15, 0.2) is 47.2 Å². The average Bonchev–Trinajstić information content (AvgIpc) is 2.29. The number of nitrogens with zero attached hydrogens (tertiary/aromatic N) is 1. The van der Waals surface area contributed by atoms with Gasteiger partial charge in [0.15, 0.2) is 5.78 Å². The second-order valence-electron chi connectivity index (χ2n) is 3.92. The summed E-state index contributed by atoms with van der Waals surface area (Å²) in [5.41, 5.74) is 2.68. The summed E-state index contributed by atoms with van der Waals surface area (Å²) >= 11 is 3.40. The lowest BCUT2D eigenvalue weighted by Crippen LogP contribution is -2.06. The third-order valence-electron chi connectivity index (χ3n) is 2.59. The summed E-state index contributed by atoms with van der Waals surface area (Å²) in [6, 6.07) is 9.65. The Morgan fingerprint density at radius 3 is 2.88 bits per heavy atom. The number of ketones is 1. The van der Waals surface area contributed by atoms with E-state index >= 15 is 0 Å². The zero-order valence-corrected chi connectivity index (χ0v) is 11.1. The van der Waals surface area contributed by atoms with Crippen LogP contribution >= 0.6 is 15.9 Å². The molecule has 0 saturated heterocycles. The number of carbonyl (C=O) groups is 1. The van der Waals surface area contributed by atoms with Crippen LogP contribution in [0.2, 0.25) is 0 Å². The van der Waals surface area contributed by atoms with Crippen molar-refractivity contribution in [3.8, 4) is 0 Å². The van der Waals surface area contributed by atoms with E-state index < -0.39 is 0 Å². The predicted octanol–water partition coefficient (Wildman–Crippen LogP) is 3.58. The predicted molar refractivity (Wildman–Crippen MR) is 71.2 cm³/mol. The number of benzene rings is 1. The lowest BCUT2D eigenvalue weighted by atomic mass is 10.0. The van der Waals surface area contributed by atoms with Gasteiger partial charge in [0.25, 0.3) is 0 Å². The maximum atomic E-state index is 12.1. The van der Waals surface area contributed by atoms with Gasteiger partial charge in [-0.2, -0.15) is 0 Å². The van der Waals surface area contributed by atoms with Crippen LogP contribution in [-0.4, -0.2) is 10.8 Å². The van der Waals surface area contributed by atoms with Crippen LogP contribution in [0.1, 0.15) is 21.5 Å². The molecular weight excluding hydrogens is 278 g/mol. The molecule has 3 heteroatoms. The Labute approximate surface area is 109 Å². The molecule has 0 bridgehead atoms. The molecule has 1 aromatic carbocycles. The number of rotatable bonds is 3. The van der Waals surface area contributed by atoms with Gasteiger partial charge in [-0.3, -0.25) is 9.78 Å². The molecule has 17 heavy (non-hydrogen) atoms. The van der Waals surface area contributed by atoms with Crippen LogP contribution in [0, 0.1) is 6.92 Å². The van der Waals surface area contributed by atoms with Gasteiger partial charge in [0, 0.05) is 28.9 Å². The van der Waals surface area contributed by atoms with Crippen LogP contribution < -0.4 is 0 Å². The second kappa shape index (κ2) is 5.23. The van der Waals surface area contributed by atoms with Gasteiger partial charge in [-0.05, 0) is 36.2 Å². The van der Waals surface area contributed by atoms with E-state index in [9.17, 15) is 4.79 Å². The minimum atomic E-state index is 0.105. The summed E-state index contributed by atoms with van der Waals surface area (Å²) in [5.74, 6) is 0.105. The number of Topliss-reactive ketones (excluding diaryl/α,β-unsaturated/α-hetero) is 1. The Hall–Kier alpha value is -1.48. The van der Waals surface area contributed by atoms with E-state index in [0.717, 1.165) is 15.6 Å². The maximum absolute atomic E-state index is 12.1. The van der Waals surface area contributed by atoms with E-state index in [4.69, 9.17) is 0 Å². The number of pyridine rings is 1. The number of hydrogen-bond acceptors (Lipinski definition) is 2. The molecule has 0 radical (unpaired) electrons. The van der Waals surface area contributed by atoms with E-state index in [-0.39, 0.29) is 5.78 Å². The molecule has 86 valence electrons. The van der Waals surface area contributed by atoms with Gasteiger partial charge >= 0.3 is 0 Å². The zero-order valence-electron chi connectivity index (χ0n) is 9.48. The Balaban J connectivity index is 2.20. The fourth-order valence-electron chi connectivity index (χ4n) is 1.68. The molecule has 0 spiro atoms. The van der Waals surface area contributed by atoms with Crippen molar-refractivity contribution >= 4 is 21.7 Å². The molecule has 0 N–H and O–H groups in total. The first kappa shape index (κ1) is 12.0. The molecule has 2 aromatic rings. The van der Waals surface area contributed by atoms with Crippen LogP contribution in [0.25, 0.3) is 0 Å². The van der Waals surface area contributed by atoms with Gasteiger partial charge < -0.3 is 0 Å². The van der Waals surface area contributed by atoms with Crippen molar-refractivity contribution in [2.45, 2.75) is 13.3 Å². The van der Waals surface area contributed by atoms with Crippen molar-refractivity contribution in [1.82, 2.24) is 4.98 Å². The van der Waals surface area contributed by atoms with Gasteiger partial charge in [-0.25, -0.2) is 0 Å². The number of aryl methyl sites for hydroxylation is 1. The molecule has 1 aromatic heterocycles. The molecule has 0 aliphatic rings. The molecule has 0 saturated carbocycles. The number of carbonyl (C=O) groups excluding carboxylic acids is 1. The molecule has 0 atom stereocenters. The van der Waals surface area contributed by atoms with Gasteiger partial charge in [0.2, 0.25) is 0 Å². The summed E-state index contributed by atoms with van der Waals surface area (Å²) < 4.78 is 0.991. The third kappa shape index (κ3) is 3.01. The van der Waals surface area contributed by atoms with Crippen LogP contribution in [0.4, 0.5) is 0 Å². The highest BCUT2D eigenvalue weighted by atomic mass is 79.9. The number of aromatic nitrogens is 1. The Morgan fingerprint density at radius 1 is 1.35 bits per heavy atom. The second-order valence-corrected chi connectivity index (χ2v) is 4.84.